The molecule has 1 amide bonds. The lowest BCUT2D eigenvalue weighted by atomic mass is 10.1. The van der Waals surface area contributed by atoms with Crippen LogP contribution in [0.5, 0.6) is 0 Å². The summed E-state index contributed by atoms with van der Waals surface area (Å²) in [4.78, 5) is 23.8. The number of benzene rings is 1. The molecule has 2 aromatic rings. The van der Waals surface area contributed by atoms with E-state index in [1.165, 1.54) is 31.3 Å². The molecule has 2 heterocycles. The zero-order valence-electron chi connectivity index (χ0n) is 13.0. The molecule has 1 N–H and O–H groups in total. The number of amides is 1. The van der Waals surface area contributed by atoms with Gasteiger partial charge in [0.1, 0.15) is 10.6 Å². The summed E-state index contributed by atoms with van der Waals surface area (Å²) in [5.41, 5.74) is 1.29. The van der Waals surface area contributed by atoms with Crippen LogP contribution in [-0.4, -0.2) is 24.1 Å². The van der Waals surface area contributed by atoms with E-state index < -0.39 is 15.9 Å². The first kappa shape index (κ1) is 15.5. The van der Waals surface area contributed by atoms with Crippen molar-refractivity contribution >= 4 is 27.4 Å². The molecule has 1 aliphatic rings. The van der Waals surface area contributed by atoms with Crippen LogP contribution in [0, 0.1) is 0 Å². The number of aromatic nitrogens is 1. The molecule has 120 valence electrons. The van der Waals surface area contributed by atoms with Crippen LogP contribution in [0.25, 0.3) is 0 Å². The Kier molecular flexibility index (Phi) is 3.40. The fraction of sp³-hybridized carbons (Fsp3) is 0.250. The number of carbonyl (C=O) groups excluding carboxylic acids is 2. The molecule has 1 aliphatic heterocycles. The monoisotopic (exact) mass is 332 g/mol. The summed E-state index contributed by atoms with van der Waals surface area (Å²) in [7, 11) is -3.90. The largest absolute Gasteiger partial charge is 0.319 e. The van der Waals surface area contributed by atoms with Gasteiger partial charge in [0.2, 0.25) is 0 Å². The normalized spacial score (nSPS) is 15.6. The summed E-state index contributed by atoms with van der Waals surface area (Å²) in [6.07, 6.45) is 1.48. The van der Waals surface area contributed by atoms with E-state index in [1.54, 1.807) is 6.07 Å². The number of nitrogens with zero attached hydrogens (tertiary/aromatic N) is 1. The van der Waals surface area contributed by atoms with Crippen LogP contribution >= 0.6 is 0 Å². The van der Waals surface area contributed by atoms with Crippen molar-refractivity contribution in [3.8, 4) is 0 Å². The standard InChI is InChI=1S/C16H16N2O4S/c1-9(2)12-7-14-16(20)17-13-6-11(10(3)19)4-5-15(13)23(21,22)18(14)8-12/h4-9H,1-3H3,(H,17,20). The molecule has 23 heavy (non-hydrogen) atoms. The molecule has 3 rings (SSSR count). The average molecular weight is 332 g/mol. The number of anilines is 1. The van der Waals surface area contributed by atoms with Crippen molar-refractivity contribution in [1.29, 1.82) is 0 Å². The lowest BCUT2D eigenvalue weighted by Gasteiger charge is -2.09. The van der Waals surface area contributed by atoms with Crippen LogP contribution in [0.2, 0.25) is 0 Å². The Morgan fingerprint density at radius 1 is 1.22 bits per heavy atom. The summed E-state index contributed by atoms with van der Waals surface area (Å²) in [5, 5.41) is 2.59. The number of hydrogen-bond donors (Lipinski definition) is 1. The number of carbonyl (C=O) groups is 2. The third-order valence-corrected chi connectivity index (χ3v) is 5.61. The van der Waals surface area contributed by atoms with Gasteiger partial charge in [-0.3, -0.25) is 9.59 Å². The van der Waals surface area contributed by atoms with E-state index in [-0.39, 0.29) is 28.0 Å². The maximum Gasteiger partial charge on any atom is 0.273 e. The second-order valence-corrected chi connectivity index (χ2v) is 7.62. The maximum absolute atomic E-state index is 12.9. The van der Waals surface area contributed by atoms with Crippen LogP contribution in [-0.2, 0) is 10.0 Å². The van der Waals surface area contributed by atoms with Crippen LogP contribution < -0.4 is 5.32 Å². The second kappa shape index (κ2) is 5.06. The Morgan fingerprint density at radius 3 is 2.52 bits per heavy atom. The highest BCUT2D eigenvalue weighted by atomic mass is 32.2. The molecule has 7 heteroatoms. The second-order valence-electron chi connectivity index (χ2n) is 5.84. The zero-order valence-corrected chi connectivity index (χ0v) is 13.8. The number of nitrogens with one attached hydrogen (secondary N) is 1. The molecule has 0 fully saturated rings. The number of Topliss-reactive ketones (excluding diaryl/α,β-unsaturated/α-hetero) is 1. The molecule has 1 aromatic carbocycles. The topological polar surface area (TPSA) is 85.2 Å². The number of rotatable bonds is 2. The van der Waals surface area contributed by atoms with Gasteiger partial charge in [0.05, 0.1) is 5.69 Å². The third-order valence-electron chi connectivity index (χ3n) is 3.88. The van der Waals surface area contributed by atoms with E-state index in [2.05, 4.69) is 5.32 Å². The molecule has 0 aliphatic carbocycles. The van der Waals surface area contributed by atoms with Crippen LogP contribution in [0.1, 0.15) is 53.1 Å². The SMILES string of the molecule is CC(=O)c1ccc2c(c1)NC(=O)c1cc(C(C)C)cn1S2(=O)=O. The predicted molar refractivity (Wildman–Crippen MR) is 85.5 cm³/mol. The van der Waals surface area contributed by atoms with Gasteiger partial charge in [-0.25, -0.2) is 12.4 Å². The van der Waals surface area contributed by atoms with Gasteiger partial charge in [-0.05, 0) is 42.7 Å². The zero-order chi connectivity index (χ0) is 16.9. The molecular formula is C16H16N2O4S. The minimum Gasteiger partial charge on any atom is -0.319 e. The number of ketones is 1. The van der Waals surface area contributed by atoms with E-state index in [0.29, 0.717) is 5.56 Å². The summed E-state index contributed by atoms with van der Waals surface area (Å²) < 4.78 is 26.7. The van der Waals surface area contributed by atoms with Gasteiger partial charge in [0, 0.05) is 11.8 Å². The molecule has 0 unspecified atom stereocenters. The molecule has 0 spiro atoms. The molecular weight excluding hydrogens is 316 g/mol. The smallest absolute Gasteiger partial charge is 0.273 e. The first-order valence-electron chi connectivity index (χ1n) is 7.16. The molecule has 0 bridgehead atoms. The van der Waals surface area contributed by atoms with E-state index >= 15 is 0 Å². The van der Waals surface area contributed by atoms with Crippen molar-refractivity contribution < 1.29 is 18.0 Å². The maximum atomic E-state index is 12.9. The Morgan fingerprint density at radius 2 is 1.91 bits per heavy atom. The van der Waals surface area contributed by atoms with E-state index in [9.17, 15) is 18.0 Å². The Bertz CT molecular complexity index is 939. The quantitative estimate of drug-likeness (QED) is 0.857. The number of fused-ring (bicyclic) bond motifs is 2. The fourth-order valence-electron chi connectivity index (χ4n) is 2.51. The molecule has 0 saturated heterocycles. The highest BCUT2D eigenvalue weighted by molar-refractivity contribution is 7.90. The molecule has 1 aromatic heterocycles. The summed E-state index contributed by atoms with van der Waals surface area (Å²) in [5.74, 6) is -0.623. The van der Waals surface area contributed by atoms with Crippen LogP contribution in [0.15, 0.2) is 35.4 Å². The Balaban J connectivity index is 2.27. The van der Waals surface area contributed by atoms with E-state index in [1.807, 2.05) is 13.8 Å². The van der Waals surface area contributed by atoms with Crippen molar-refractivity contribution in [3.05, 3.63) is 47.3 Å². The van der Waals surface area contributed by atoms with Crippen molar-refractivity contribution in [2.45, 2.75) is 31.6 Å². The molecule has 6 nitrogen and oxygen atoms in total. The summed E-state index contributed by atoms with van der Waals surface area (Å²) in [6, 6.07) is 5.77. The average Bonchev–Trinajstić information content (AvgIpc) is 2.90. The molecule has 0 saturated carbocycles. The van der Waals surface area contributed by atoms with Crippen molar-refractivity contribution in [2.75, 3.05) is 5.32 Å². The van der Waals surface area contributed by atoms with Gasteiger partial charge >= 0.3 is 0 Å². The lowest BCUT2D eigenvalue weighted by Crippen LogP contribution is -2.16. The van der Waals surface area contributed by atoms with Crippen molar-refractivity contribution in [2.24, 2.45) is 0 Å². The Labute approximate surface area is 134 Å². The van der Waals surface area contributed by atoms with Gasteiger partial charge in [0.15, 0.2) is 5.78 Å². The molecule has 0 atom stereocenters. The summed E-state index contributed by atoms with van der Waals surface area (Å²) in [6.45, 7) is 5.23. The summed E-state index contributed by atoms with van der Waals surface area (Å²) >= 11 is 0. The highest BCUT2D eigenvalue weighted by Gasteiger charge is 2.31. The van der Waals surface area contributed by atoms with Gasteiger partial charge in [-0.2, -0.15) is 0 Å². The predicted octanol–water partition coefficient (Wildman–Crippen LogP) is 2.62. The van der Waals surface area contributed by atoms with Gasteiger partial charge in [-0.1, -0.05) is 13.8 Å². The first-order valence-corrected chi connectivity index (χ1v) is 8.60. The highest BCUT2D eigenvalue weighted by Crippen LogP contribution is 2.31. The van der Waals surface area contributed by atoms with Gasteiger partial charge in [-0.15, -0.1) is 0 Å². The van der Waals surface area contributed by atoms with Crippen molar-refractivity contribution in [1.82, 2.24) is 3.97 Å². The molecule has 0 radical (unpaired) electrons. The minimum absolute atomic E-state index is 0.0273. The third kappa shape index (κ3) is 2.37. The van der Waals surface area contributed by atoms with E-state index in [0.717, 1.165) is 9.54 Å². The van der Waals surface area contributed by atoms with Crippen LogP contribution in [0.3, 0.4) is 0 Å². The van der Waals surface area contributed by atoms with E-state index in [4.69, 9.17) is 0 Å². The Hall–Kier alpha value is -2.41. The fourth-order valence-corrected chi connectivity index (χ4v) is 4.00. The number of hydrogen-bond acceptors (Lipinski definition) is 4. The van der Waals surface area contributed by atoms with Crippen molar-refractivity contribution in [3.63, 3.8) is 0 Å². The van der Waals surface area contributed by atoms with Crippen LogP contribution in [0.4, 0.5) is 5.69 Å². The van der Waals surface area contributed by atoms with Gasteiger partial charge in [0.25, 0.3) is 15.9 Å². The first-order chi connectivity index (χ1) is 10.7. The minimum atomic E-state index is -3.90. The lowest BCUT2D eigenvalue weighted by molar-refractivity contribution is 0.100. The van der Waals surface area contributed by atoms with Gasteiger partial charge < -0.3 is 5.32 Å².